The summed E-state index contributed by atoms with van der Waals surface area (Å²) in [6, 6.07) is 4.67. The van der Waals surface area contributed by atoms with Crippen molar-refractivity contribution in [3.63, 3.8) is 0 Å². The highest BCUT2D eigenvalue weighted by Crippen LogP contribution is 2.22. The number of aliphatic hydroxyl groups is 1. The Hall–Kier alpha value is -1.62. The van der Waals surface area contributed by atoms with E-state index >= 15 is 0 Å². The lowest BCUT2D eigenvalue weighted by Gasteiger charge is -2.20. The van der Waals surface area contributed by atoms with Gasteiger partial charge in [-0.2, -0.15) is 0 Å². The Kier molecular flexibility index (Phi) is 5.09. The summed E-state index contributed by atoms with van der Waals surface area (Å²) in [7, 11) is 0. The highest BCUT2D eigenvalue weighted by molar-refractivity contribution is 5.55. The molecule has 0 aliphatic rings. The highest BCUT2D eigenvalue weighted by Gasteiger charge is 2.13. The molecule has 0 aliphatic heterocycles. The Morgan fingerprint density at radius 2 is 2.11 bits per heavy atom. The molecule has 0 bridgehead atoms. The van der Waals surface area contributed by atoms with Crippen LogP contribution >= 0.6 is 0 Å². The van der Waals surface area contributed by atoms with Gasteiger partial charge in [-0.3, -0.25) is 10.1 Å². The summed E-state index contributed by atoms with van der Waals surface area (Å²) < 4.78 is 0. The Labute approximate surface area is 107 Å². The summed E-state index contributed by atoms with van der Waals surface area (Å²) in [5, 5.41) is 23.2. The van der Waals surface area contributed by atoms with Crippen LogP contribution in [0.4, 0.5) is 11.4 Å². The minimum atomic E-state index is -0.408. The second kappa shape index (κ2) is 6.35. The van der Waals surface area contributed by atoms with Gasteiger partial charge >= 0.3 is 0 Å². The Morgan fingerprint density at radius 1 is 1.44 bits per heavy atom. The third-order valence-electron chi connectivity index (χ3n) is 2.76. The summed E-state index contributed by atoms with van der Waals surface area (Å²) in [4.78, 5) is 10.2. The standard InChI is InChI=1S/C13H20N2O3/c1-9(2)6-11(8-16)14-13-5-4-12(15(17)18)7-10(13)3/h4-5,7,9,11,14,16H,6,8H2,1-3H3. The molecule has 1 unspecified atom stereocenters. The van der Waals surface area contributed by atoms with Crippen molar-refractivity contribution in [3.8, 4) is 0 Å². The van der Waals surface area contributed by atoms with Gasteiger partial charge in [-0.15, -0.1) is 0 Å². The number of anilines is 1. The summed E-state index contributed by atoms with van der Waals surface area (Å²) in [6.45, 7) is 6.05. The zero-order valence-corrected chi connectivity index (χ0v) is 11.0. The first-order chi connectivity index (χ1) is 8.43. The van der Waals surface area contributed by atoms with Crippen LogP contribution in [0.5, 0.6) is 0 Å². The highest BCUT2D eigenvalue weighted by atomic mass is 16.6. The van der Waals surface area contributed by atoms with E-state index in [4.69, 9.17) is 0 Å². The zero-order chi connectivity index (χ0) is 13.7. The van der Waals surface area contributed by atoms with E-state index in [1.807, 2.05) is 6.92 Å². The maximum Gasteiger partial charge on any atom is 0.269 e. The number of benzene rings is 1. The molecule has 0 radical (unpaired) electrons. The molecule has 1 atom stereocenters. The van der Waals surface area contributed by atoms with E-state index in [2.05, 4.69) is 19.2 Å². The van der Waals surface area contributed by atoms with Crippen LogP contribution in [0.3, 0.4) is 0 Å². The lowest BCUT2D eigenvalue weighted by atomic mass is 10.0. The van der Waals surface area contributed by atoms with E-state index in [0.717, 1.165) is 17.7 Å². The molecular formula is C13H20N2O3. The number of aryl methyl sites for hydroxylation is 1. The molecule has 1 rings (SSSR count). The van der Waals surface area contributed by atoms with Crippen LogP contribution in [0.25, 0.3) is 0 Å². The van der Waals surface area contributed by atoms with Crippen molar-refractivity contribution in [3.05, 3.63) is 33.9 Å². The Balaban J connectivity index is 2.80. The minimum Gasteiger partial charge on any atom is -0.394 e. The van der Waals surface area contributed by atoms with Gasteiger partial charge in [0, 0.05) is 23.9 Å². The van der Waals surface area contributed by atoms with Gasteiger partial charge in [0.05, 0.1) is 11.5 Å². The first-order valence-electron chi connectivity index (χ1n) is 6.06. The first kappa shape index (κ1) is 14.4. The van der Waals surface area contributed by atoms with Crippen LogP contribution in [0, 0.1) is 23.0 Å². The number of non-ortho nitro benzene ring substituents is 1. The third-order valence-corrected chi connectivity index (χ3v) is 2.76. The fourth-order valence-corrected chi connectivity index (χ4v) is 1.89. The first-order valence-corrected chi connectivity index (χ1v) is 6.06. The average Bonchev–Trinajstić information content (AvgIpc) is 2.29. The number of nitrogens with zero attached hydrogens (tertiary/aromatic N) is 1. The number of aliphatic hydroxyl groups excluding tert-OH is 1. The van der Waals surface area contributed by atoms with Crippen LogP contribution in [0.2, 0.25) is 0 Å². The van der Waals surface area contributed by atoms with Crippen LogP contribution in [0.1, 0.15) is 25.8 Å². The third kappa shape index (κ3) is 4.00. The number of hydrogen-bond acceptors (Lipinski definition) is 4. The van der Waals surface area contributed by atoms with Crippen molar-refractivity contribution in [2.45, 2.75) is 33.2 Å². The molecule has 1 aromatic carbocycles. The van der Waals surface area contributed by atoms with Crippen molar-refractivity contribution in [2.24, 2.45) is 5.92 Å². The molecule has 0 aromatic heterocycles. The van der Waals surface area contributed by atoms with Gasteiger partial charge in [0.1, 0.15) is 0 Å². The maximum atomic E-state index is 10.6. The van der Waals surface area contributed by atoms with Gasteiger partial charge in [0.15, 0.2) is 0 Å². The minimum absolute atomic E-state index is 0.0230. The molecule has 0 amide bonds. The fourth-order valence-electron chi connectivity index (χ4n) is 1.89. The average molecular weight is 252 g/mol. The molecule has 5 nitrogen and oxygen atoms in total. The normalized spacial score (nSPS) is 12.5. The van der Waals surface area contributed by atoms with E-state index in [9.17, 15) is 15.2 Å². The molecule has 5 heteroatoms. The number of nitro benzene ring substituents is 1. The smallest absolute Gasteiger partial charge is 0.269 e. The Bertz CT molecular complexity index is 419. The molecule has 2 N–H and O–H groups in total. The topological polar surface area (TPSA) is 75.4 Å². The van der Waals surface area contributed by atoms with Crippen molar-refractivity contribution in [1.82, 2.24) is 0 Å². The van der Waals surface area contributed by atoms with Gasteiger partial charge in [-0.1, -0.05) is 13.8 Å². The van der Waals surface area contributed by atoms with E-state index in [0.29, 0.717) is 5.92 Å². The van der Waals surface area contributed by atoms with E-state index in [1.54, 1.807) is 6.07 Å². The maximum absolute atomic E-state index is 10.6. The van der Waals surface area contributed by atoms with Crippen molar-refractivity contribution >= 4 is 11.4 Å². The molecule has 0 saturated heterocycles. The van der Waals surface area contributed by atoms with Gasteiger partial charge in [0.2, 0.25) is 0 Å². The van der Waals surface area contributed by atoms with E-state index < -0.39 is 4.92 Å². The Morgan fingerprint density at radius 3 is 2.56 bits per heavy atom. The summed E-state index contributed by atoms with van der Waals surface area (Å²) >= 11 is 0. The molecule has 0 spiro atoms. The largest absolute Gasteiger partial charge is 0.394 e. The van der Waals surface area contributed by atoms with Gasteiger partial charge in [-0.05, 0) is 30.9 Å². The number of nitro groups is 1. The van der Waals surface area contributed by atoms with E-state index in [-0.39, 0.29) is 18.3 Å². The SMILES string of the molecule is Cc1cc([N+](=O)[O-])ccc1NC(CO)CC(C)C. The van der Waals surface area contributed by atoms with Crippen LogP contribution in [-0.4, -0.2) is 22.7 Å². The monoisotopic (exact) mass is 252 g/mol. The molecule has 0 saturated carbocycles. The number of hydrogen-bond donors (Lipinski definition) is 2. The molecule has 100 valence electrons. The summed E-state index contributed by atoms with van der Waals surface area (Å²) in [5.74, 6) is 0.480. The van der Waals surface area contributed by atoms with Crippen LogP contribution < -0.4 is 5.32 Å². The lowest BCUT2D eigenvalue weighted by molar-refractivity contribution is -0.384. The van der Waals surface area contributed by atoms with Gasteiger partial charge < -0.3 is 10.4 Å². The van der Waals surface area contributed by atoms with E-state index in [1.165, 1.54) is 12.1 Å². The van der Waals surface area contributed by atoms with Crippen LogP contribution in [-0.2, 0) is 0 Å². The molecule has 1 aromatic rings. The summed E-state index contributed by atoms with van der Waals surface area (Å²) in [5.41, 5.74) is 1.73. The quantitative estimate of drug-likeness (QED) is 0.603. The second-order valence-corrected chi connectivity index (χ2v) is 4.91. The predicted octanol–water partition coefficient (Wildman–Crippen LogP) is 2.72. The molecule has 0 heterocycles. The predicted molar refractivity (Wildman–Crippen MR) is 71.8 cm³/mol. The summed E-state index contributed by atoms with van der Waals surface area (Å²) in [6.07, 6.45) is 0.854. The molecule has 0 fully saturated rings. The number of nitrogens with one attached hydrogen (secondary N) is 1. The molecular weight excluding hydrogens is 232 g/mol. The van der Waals surface area contributed by atoms with Gasteiger partial charge in [-0.25, -0.2) is 0 Å². The fraction of sp³-hybridized carbons (Fsp3) is 0.538. The number of rotatable bonds is 6. The second-order valence-electron chi connectivity index (χ2n) is 4.91. The zero-order valence-electron chi connectivity index (χ0n) is 11.0. The van der Waals surface area contributed by atoms with Crippen molar-refractivity contribution < 1.29 is 10.0 Å². The van der Waals surface area contributed by atoms with Crippen LogP contribution in [0.15, 0.2) is 18.2 Å². The molecule has 18 heavy (non-hydrogen) atoms. The van der Waals surface area contributed by atoms with Crippen molar-refractivity contribution in [2.75, 3.05) is 11.9 Å². The molecule has 0 aliphatic carbocycles. The van der Waals surface area contributed by atoms with Gasteiger partial charge in [0.25, 0.3) is 5.69 Å². The van der Waals surface area contributed by atoms with Crippen molar-refractivity contribution in [1.29, 1.82) is 0 Å². The lowest BCUT2D eigenvalue weighted by Crippen LogP contribution is -2.25.